The van der Waals surface area contributed by atoms with Gasteiger partial charge in [-0.3, -0.25) is 4.79 Å². The maximum absolute atomic E-state index is 12.0. The first-order chi connectivity index (χ1) is 12.9. The Hall–Kier alpha value is -2.90. The number of hydrogen-bond donors (Lipinski definition) is 2. The molecule has 0 fully saturated rings. The van der Waals surface area contributed by atoms with Crippen molar-refractivity contribution >= 4 is 45.6 Å². The van der Waals surface area contributed by atoms with Gasteiger partial charge in [-0.15, -0.1) is 0 Å². The van der Waals surface area contributed by atoms with E-state index in [2.05, 4.69) is 26.5 Å². The first kappa shape index (κ1) is 18.9. The molecule has 6 nitrogen and oxygen atoms in total. The topological polar surface area (TPSA) is 91.9 Å². The average molecular weight is 448 g/mol. The first-order valence-corrected chi connectivity index (χ1v) is 8.83. The summed E-state index contributed by atoms with van der Waals surface area (Å²) < 4.78 is 6.41. The highest BCUT2D eigenvalue weighted by Gasteiger charge is 2.11. The highest BCUT2D eigenvalue weighted by atomic mass is 79.9. The van der Waals surface area contributed by atoms with Gasteiger partial charge in [-0.1, -0.05) is 39.7 Å². The predicted octanol–water partition coefficient (Wildman–Crippen LogP) is 4.82. The number of benzene rings is 2. The summed E-state index contributed by atoms with van der Waals surface area (Å²) in [5, 5.41) is 13.0. The quantitative estimate of drug-likeness (QED) is 0.433. The molecule has 0 radical (unpaired) electrons. The van der Waals surface area contributed by atoms with Crippen LogP contribution in [0.25, 0.3) is 11.3 Å². The Morgan fingerprint density at radius 3 is 2.67 bits per heavy atom. The first-order valence-electron chi connectivity index (χ1n) is 7.66. The number of carboxylic acids is 1. The number of aromatic carboxylic acids is 1. The van der Waals surface area contributed by atoms with Crippen LogP contribution in [-0.2, 0) is 0 Å². The van der Waals surface area contributed by atoms with E-state index in [1.807, 2.05) is 6.07 Å². The van der Waals surface area contributed by atoms with E-state index in [1.165, 1.54) is 18.3 Å². The van der Waals surface area contributed by atoms with Crippen LogP contribution in [-0.4, -0.2) is 23.2 Å². The molecule has 0 aliphatic rings. The van der Waals surface area contributed by atoms with Gasteiger partial charge in [-0.25, -0.2) is 10.2 Å². The summed E-state index contributed by atoms with van der Waals surface area (Å²) in [7, 11) is 0. The van der Waals surface area contributed by atoms with Crippen LogP contribution >= 0.6 is 27.5 Å². The van der Waals surface area contributed by atoms with Gasteiger partial charge in [0, 0.05) is 15.6 Å². The molecule has 27 heavy (non-hydrogen) atoms. The number of nitrogens with zero attached hydrogens (tertiary/aromatic N) is 1. The second-order valence-electron chi connectivity index (χ2n) is 5.41. The number of furan rings is 1. The predicted molar refractivity (Wildman–Crippen MR) is 105 cm³/mol. The van der Waals surface area contributed by atoms with Crippen molar-refractivity contribution in [3.05, 3.63) is 81.0 Å². The number of carbonyl (C=O) groups excluding carboxylic acids is 1. The lowest BCUT2D eigenvalue weighted by molar-refractivity contribution is 0.0696. The Morgan fingerprint density at radius 1 is 1.15 bits per heavy atom. The molecule has 0 saturated carbocycles. The van der Waals surface area contributed by atoms with E-state index in [0.29, 0.717) is 22.6 Å². The molecule has 0 unspecified atom stereocenters. The molecule has 0 atom stereocenters. The van der Waals surface area contributed by atoms with Gasteiger partial charge in [-0.05, 0) is 42.5 Å². The maximum atomic E-state index is 12.0. The molecule has 3 rings (SSSR count). The Labute approximate surface area is 167 Å². The zero-order valence-electron chi connectivity index (χ0n) is 13.6. The number of hydrazone groups is 1. The third-order valence-corrected chi connectivity index (χ3v) is 4.36. The monoisotopic (exact) mass is 446 g/mol. The Balaban J connectivity index is 1.69. The normalized spacial score (nSPS) is 10.9. The number of halogens is 2. The lowest BCUT2D eigenvalue weighted by atomic mass is 10.1. The molecule has 2 aromatic carbocycles. The van der Waals surface area contributed by atoms with Crippen molar-refractivity contribution in [2.45, 2.75) is 0 Å². The van der Waals surface area contributed by atoms with Crippen LogP contribution < -0.4 is 5.43 Å². The summed E-state index contributed by atoms with van der Waals surface area (Å²) in [5.74, 6) is -0.540. The van der Waals surface area contributed by atoms with Crippen LogP contribution in [0.2, 0.25) is 5.02 Å². The van der Waals surface area contributed by atoms with Crippen LogP contribution in [0.3, 0.4) is 0 Å². The summed E-state index contributed by atoms with van der Waals surface area (Å²) in [6.45, 7) is 0. The van der Waals surface area contributed by atoms with Gasteiger partial charge in [0.2, 0.25) is 0 Å². The molecule has 0 bridgehead atoms. The molecule has 2 N–H and O–H groups in total. The number of hydrogen-bond acceptors (Lipinski definition) is 4. The van der Waals surface area contributed by atoms with Crippen LogP contribution in [0, 0.1) is 0 Å². The van der Waals surface area contributed by atoms with Crippen molar-refractivity contribution in [1.29, 1.82) is 0 Å². The molecule has 0 aliphatic carbocycles. The molecule has 0 saturated heterocycles. The van der Waals surface area contributed by atoms with Crippen LogP contribution in [0.5, 0.6) is 0 Å². The minimum absolute atomic E-state index is 0.0176. The Kier molecular flexibility index (Phi) is 5.73. The number of amides is 1. The molecular weight excluding hydrogens is 436 g/mol. The SMILES string of the molecule is O=C(NN=Cc1ccc(-c2ccc(C(=O)O)c(Cl)c2)o1)c1cccc(Br)c1. The number of nitrogens with one attached hydrogen (secondary N) is 1. The molecular formula is C19H12BrClN2O4. The van der Waals surface area contributed by atoms with Crippen LogP contribution in [0.15, 0.2) is 68.6 Å². The van der Waals surface area contributed by atoms with Crippen molar-refractivity contribution in [3.63, 3.8) is 0 Å². The van der Waals surface area contributed by atoms with Crippen molar-refractivity contribution in [3.8, 4) is 11.3 Å². The summed E-state index contributed by atoms with van der Waals surface area (Å²) in [4.78, 5) is 23.0. The minimum atomic E-state index is -1.10. The van der Waals surface area contributed by atoms with Gasteiger partial charge in [0.05, 0.1) is 16.8 Å². The van der Waals surface area contributed by atoms with Crippen molar-refractivity contribution in [2.24, 2.45) is 5.10 Å². The number of rotatable bonds is 5. The second-order valence-corrected chi connectivity index (χ2v) is 6.73. The second kappa shape index (κ2) is 8.20. The molecule has 1 aromatic heterocycles. The summed E-state index contributed by atoms with van der Waals surface area (Å²) in [6.07, 6.45) is 1.37. The molecule has 1 heterocycles. The number of carbonyl (C=O) groups is 2. The number of carboxylic acid groups (broad SMARTS) is 1. The molecule has 0 aliphatic heterocycles. The standard InChI is InChI=1S/C19H12BrClN2O4/c20-13-3-1-2-12(8-13)18(24)23-22-10-14-5-7-17(27-14)11-4-6-15(19(25)26)16(21)9-11/h1-10H,(H,23,24)(H,25,26). The molecule has 8 heteroatoms. The van der Waals surface area contributed by atoms with E-state index in [1.54, 1.807) is 36.4 Å². The molecule has 3 aromatic rings. The minimum Gasteiger partial charge on any atom is -0.478 e. The van der Waals surface area contributed by atoms with Gasteiger partial charge < -0.3 is 9.52 Å². The Bertz CT molecular complexity index is 1050. The van der Waals surface area contributed by atoms with Gasteiger partial charge in [-0.2, -0.15) is 5.10 Å². The summed E-state index contributed by atoms with van der Waals surface area (Å²) in [6, 6.07) is 14.8. The van der Waals surface area contributed by atoms with Gasteiger partial charge in [0.15, 0.2) is 0 Å². The van der Waals surface area contributed by atoms with E-state index in [4.69, 9.17) is 21.1 Å². The van der Waals surface area contributed by atoms with Gasteiger partial charge in [0.1, 0.15) is 11.5 Å². The van der Waals surface area contributed by atoms with E-state index in [9.17, 15) is 9.59 Å². The largest absolute Gasteiger partial charge is 0.478 e. The summed E-state index contributed by atoms with van der Waals surface area (Å²) >= 11 is 9.27. The van der Waals surface area contributed by atoms with Crippen molar-refractivity contribution in [1.82, 2.24) is 5.43 Å². The van der Waals surface area contributed by atoms with Gasteiger partial charge in [0.25, 0.3) is 5.91 Å². The maximum Gasteiger partial charge on any atom is 0.337 e. The lowest BCUT2D eigenvalue weighted by Crippen LogP contribution is -2.17. The van der Waals surface area contributed by atoms with E-state index in [-0.39, 0.29) is 16.5 Å². The fourth-order valence-electron chi connectivity index (χ4n) is 2.27. The van der Waals surface area contributed by atoms with Crippen molar-refractivity contribution < 1.29 is 19.1 Å². The average Bonchev–Trinajstić information content (AvgIpc) is 3.10. The van der Waals surface area contributed by atoms with Crippen LogP contribution in [0.1, 0.15) is 26.5 Å². The summed E-state index contributed by atoms with van der Waals surface area (Å²) in [5.41, 5.74) is 3.53. The third-order valence-electron chi connectivity index (χ3n) is 3.56. The van der Waals surface area contributed by atoms with E-state index < -0.39 is 5.97 Å². The molecule has 0 spiro atoms. The fourth-order valence-corrected chi connectivity index (χ4v) is 2.93. The zero-order valence-corrected chi connectivity index (χ0v) is 16.0. The fraction of sp³-hybridized carbons (Fsp3) is 0. The van der Waals surface area contributed by atoms with Crippen molar-refractivity contribution in [2.75, 3.05) is 0 Å². The highest BCUT2D eigenvalue weighted by Crippen LogP contribution is 2.27. The molecule has 1 amide bonds. The van der Waals surface area contributed by atoms with Crippen LogP contribution in [0.4, 0.5) is 0 Å². The zero-order chi connectivity index (χ0) is 19.4. The van der Waals surface area contributed by atoms with E-state index in [0.717, 1.165) is 4.47 Å². The van der Waals surface area contributed by atoms with E-state index >= 15 is 0 Å². The lowest BCUT2D eigenvalue weighted by Gasteiger charge is -2.01. The molecule has 136 valence electrons. The smallest absolute Gasteiger partial charge is 0.337 e. The van der Waals surface area contributed by atoms with Gasteiger partial charge >= 0.3 is 5.97 Å². The highest BCUT2D eigenvalue weighted by molar-refractivity contribution is 9.10. The Morgan fingerprint density at radius 2 is 1.96 bits per heavy atom. The third kappa shape index (κ3) is 4.64.